The van der Waals surface area contributed by atoms with Crippen LogP contribution in [0.2, 0.25) is 0 Å². The van der Waals surface area contributed by atoms with Crippen molar-refractivity contribution < 1.29 is 24.5 Å². The van der Waals surface area contributed by atoms with E-state index >= 15 is 0 Å². The van der Waals surface area contributed by atoms with E-state index in [1.54, 1.807) is 0 Å². The van der Waals surface area contributed by atoms with Crippen LogP contribution >= 0.6 is 0 Å². The van der Waals surface area contributed by atoms with Crippen molar-refractivity contribution in [2.24, 2.45) is 0 Å². The molecule has 13 nitrogen and oxygen atoms in total. The smallest absolute Gasteiger partial charge is 0.317 e. The first kappa shape index (κ1) is 22.7. The number of imidazole rings is 1. The molecule has 4 rings (SSSR count). The van der Waals surface area contributed by atoms with Crippen molar-refractivity contribution in [1.82, 2.24) is 35.1 Å². The summed E-state index contributed by atoms with van der Waals surface area (Å²) >= 11 is 0. The minimum Gasteiger partial charge on any atom is -0.387 e. The van der Waals surface area contributed by atoms with Gasteiger partial charge >= 0.3 is 6.03 Å². The maximum atomic E-state index is 12.4. The van der Waals surface area contributed by atoms with Gasteiger partial charge in [0.2, 0.25) is 5.82 Å². The predicted molar refractivity (Wildman–Crippen MR) is 115 cm³/mol. The van der Waals surface area contributed by atoms with Gasteiger partial charge in [0, 0.05) is 19.6 Å². The average Bonchev–Trinajstić information content (AvgIpc) is 3.43. The number of aromatic nitrogens is 4. The maximum absolute atomic E-state index is 12.4. The van der Waals surface area contributed by atoms with E-state index in [2.05, 4.69) is 37.4 Å². The summed E-state index contributed by atoms with van der Waals surface area (Å²) in [6.45, 7) is 2.46. The fraction of sp³-hybridized carbons (Fsp3) is 0.550. The number of rotatable bonds is 5. The van der Waals surface area contributed by atoms with Gasteiger partial charge in [-0.25, -0.2) is 19.7 Å². The Balaban J connectivity index is 1.58. The van der Waals surface area contributed by atoms with E-state index in [-0.39, 0.29) is 41.4 Å². The third kappa shape index (κ3) is 4.54. The van der Waals surface area contributed by atoms with E-state index in [9.17, 15) is 19.8 Å². The topological polar surface area (TPSA) is 181 Å². The lowest BCUT2D eigenvalue weighted by Crippen LogP contribution is -2.43. The minimum atomic E-state index is -1.42. The molecule has 3 heterocycles. The van der Waals surface area contributed by atoms with E-state index in [0.29, 0.717) is 6.54 Å². The number of hydrogen-bond donors (Lipinski definition) is 5. The van der Waals surface area contributed by atoms with Gasteiger partial charge in [0.05, 0.1) is 12.9 Å². The minimum absolute atomic E-state index is 0.0674. The molecule has 2 aromatic heterocycles. The van der Waals surface area contributed by atoms with Crippen LogP contribution in [0.5, 0.6) is 0 Å². The SMILES string of the molecule is CCN(CC#Cc1nc(N)c2ncn([C@@H]3O[C@H](C(=O)NC4CC4)C(O)C3O)c2n1)C(=O)NC. The van der Waals surface area contributed by atoms with Gasteiger partial charge in [-0.15, -0.1) is 0 Å². The van der Waals surface area contributed by atoms with Crippen LogP contribution in [0.15, 0.2) is 6.33 Å². The molecule has 0 aromatic carbocycles. The number of aliphatic hydroxyl groups is 2. The summed E-state index contributed by atoms with van der Waals surface area (Å²) in [5, 5.41) is 26.2. The van der Waals surface area contributed by atoms with Crippen LogP contribution in [-0.2, 0) is 9.53 Å². The molecular formula is C20H26N8O5. The first-order valence-electron chi connectivity index (χ1n) is 10.6. The molecule has 1 saturated heterocycles. The Morgan fingerprint density at radius 2 is 2.09 bits per heavy atom. The number of nitrogens with zero attached hydrogens (tertiary/aromatic N) is 5. The third-order valence-electron chi connectivity index (χ3n) is 5.50. The summed E-state index contributed by atoms with van der Waals surface area (Å²) < 4.78 is 7.09. The van der Waals surface area contributed by atoms with Crippen molar-refractivity contribution >= 4 is 28.9 Å². The van der Waals surface area contributed by atoms with Crippen molar-refractivity contribution in [3.8, 4) is 11.8 Å². The van der Waals surface area contributed by atoms with E-state index in [1.165, 1.54) is 22.8 Å². The monoisotopic (exact) mass is 458 g/mol. The zero-order valence-electron chi connectivity index (χ0n) is 18.2. The van der Waals surface area contributed by atoms with Gasteiger partial charge in [0.25, 0.3) is 5.91 Å². The second-order valence-electron chi connectivity index (χ2n) is 7.84. The second kappa shape index (κ2) is 9.18. The maximum Gasteiger partial charge on any atom is 0.317 e. The molecule has 3 amide bonds. The number of hydrogen-bond acceptors (Lipinski definition) is 9. The number of aliphatic hydroxyl groups excluding tert-OH is 2. The number of carbonyl (C=O) groups excluding carboxylic acids is 2. The lowest BCUT2D eigenvalue weighted by atomic mass is 10.1. The normalized spacial score (nSPS) is 24.2. The summed E-state index contributed by atoms with van der Waals surface area (Å²) in [7, 11) is 1.54. The Kier molecular flexibility index (Phi) is 6.32. The van der Waals surface area contributed by atoms with E-state index < -0.39 is 30.4 Å². The number of nitrogens with one attached hydrogen (secondary N) is 2. The first-order chi connectivity index (χ1) is 15.8. The predicted octanol–water partition coefficient (Wildman–Crippen LogP) is -1.68. The Morgan fingerprint density at radius 1 is 1.33 bits per heavy atom. The molecule has 0 bridgehead atoms. The van der Waals surface area contributed by atoms with Crippen molar-refractivity contribution in [3.63, 3.8) is 0 Å². The molecule has 2 aliphatic rings. The Labute approximate surface area is 189 Å². The van der Waals surface area contributed by atoms with Crippen molar-refractivity contribution in [2.75, 3.05) is 25.9 Å². The summed E-state index contributed by atoms with van der Waals surface area (Å²) in [6.07, 6.45) is -2.05. The molecule has 4 atom stereocenters. The molecule has 0 radical (unpaired) electrons. The number of anilines is 1. The first-order valence-corrected chi connectivity index (χ1v) is 10.6. The highest BCUT2D eigenvalue weighted by Gasteiger charge is 2.48. The van der Waals surface area contributed by atoms with Crippen LogP contribution in [0, 0.1) is 11.8 Å². The van der Waals surface area contributed by atoms with Crippen molar-refractivity contribution in [3.05, 3.63) is 12.2 Å². The number of carbonyl (C=O) groups is 2. The Morgan fingerprint density at radius 3 is 2.76 bits per heavy atom. The zero-order chi connectivity index (χ0) is 23.7. The van der Waals surface area contributed by atoms with Gasteiger partial charge in [-0.05, 0) is 25.7 Å². The summed E-state index contributed by atoms with van der Waals surface area (Å²) in [5.41, 5.74) is 6.50. The van der Waals surface area contributed by atoms with Crippen LogP contribution < -0.4 is 16.4 Å². The van der Waals surface area contributed by atoms with Crippen LogP contribution in [-0.4, -0.2) is 91.1 Å². The lowest BCUT2D eigenvalue weighted by Gasteiger charge is -2.16. The fourth-order valence-electron chi connectivity index (χ4n) is 3.50. The van der Waals surface area contributed by atoms with E-state index in [4.69, 9.17) is 10.5 Å². The standard InChI is InChI=1S/C20H26N8O5/c1-3-27(20(32)22-2)8-4-5-11-25-16(21)12-17(26-11)28(9-23-12)19-14(30)13(29)15(33-19)18(31)24-10-6-7-10/h9-10,13-15,19,29-30H,3,6-8H2,1-2H3,(H,22,32)(H,24,31)(H2,21,25,26)/t13?,14?,15-,19+/m0/s1. The largest absolute Gasteiger partial charge is 0.387 e. The quantitative estimate of drug-likeness (QED) is 0.327. The number of nitrogen functional groups attached to an aromatic ring is 1. The molecule has 2 unspecified atom stereocenters. The zero-order valence-corrected chi connectivity index (χ0v) is 18.2. The molecule has 0 spiro atoms. The van der Waals surface area contributed by atoms with Gasteiger partial charge in [0.1, 0.15) is 17.7 Å². The molecule has 6 N–H and O–H groups in total. The van der Waals surface area contributed by atoms with Gasteiger partial charge in [-0.2, -0.15) is 0 Å². The van der Waals surface area contributed by atoms with E-state index in [1.807, 2.05) is 6.92 Å². The van der Waals surface area contributed by atoms with Crippen LogP contribution in [0.25, 0.3) is 11.2 Å². The highest BCUT2D eigenvalue weighted by molar-refractivity contribution is 5.83. The Hall–Kier alpha value is -3.47. The molecule has 2 aromatic rings. The van der Waals surface area contributed by atoms with E-state index in [0.717, 1.165) is 12.8 Å². The molecule has 33 heavy (non-hydrogen) atoms. The van der Waals surface area contributed by atoms with Gasteiger partial charge < -0.3 is 36.2 Å². The van der Waals surface area contributed by atoms with Gasteiger partial charge in [0.15, 0.2) is 23.8 Å². The molecular weight excluding hydrogens is 432 g/mol. The number of ether oxygens (including phenoxy) is 1. The van der Waals surface area contributed by atoms with Gasteiger partial charge in [-0.1, -0.05) is 5.92 Å². The summed E-state index contributed by atoms with van der Waals surface area (Å²) in [4.78, 5) is 38.3. The number of amides is 3. The van der Waals surface area contributed by atoms with Gasteiger partial charge in [-0.3, -0.25) is 9.36 Å². The van der Waals surface area contributed by atoms with Crippen molar-refractivity contribution in [1.29, 1.82) is 0 Å². The molecule has 1 aliphatic carbocycles. The Bertz CT molecular complexity index is 1120. The number of urea groups is 1. The van der Waals surface area contributed by atoms with Crippen LogP contribution in [0.4, 0.5) is 10.6 Å². The number of fused-ring (bicyclic) bond motifs is 1. The third-order valence-corrected chi connectivity index (χ3v) is 5.50. The molecule has 1 saturated carbocycles. The molecule has 2 fully saturated rings. The summed E-state index contributed by atoms with van der Waals surface area (Å²) in [5.74, 6) is 5.28. The highest BCUT2D eigenvalue weighted by atomic mass is 16.6. The summed E-state index contributed by atoms with van der Waals surface area (Å²) in [6, 6.07) is -0.175. The molecule has 176 valence electrons. The van der Waals surface area contributed by atoms with Crippen LogP contribution in [0.1, 0.15) is 31.8 Å². The average molecular weight is 458 g/mol. The fourth-order valence-corrected chi connectivity index (χ4v) is 3.50. The number of nitrogens with two attached hydrogens (primary N) is 1. The lowest BCUT2D eigenvalue weighted by molar-refractivity contribution is -0.137. The van der Waals surface area contributed by atoms with Crippen molar-refractivity contribution in [2.45, 2.75) is 50.3 Å². The van der Waals surface area contributed by atoms with Crippen LogP contribution in [0.3, 0.4) is 0 Å². The highest BCUT2D eigenvalue weighted by Crippen LogP contribution is 2.33. The molecule has 1 aliphatic heterocycles. The molecule has 13 heteroatoms. The second-order valence-corrected chi connectivity index (χ2v) is 7.84.